The van der Waals surface area contributed by atoms with E-state index in [1.807, 2.05) is 0 Å². The van der Waals surface area contributed by atoms with E-state index in [0.717, 1.165) is 0 Å². The van der Waals surface area contributed by atoms with Crippen LogP contribution in [0.2, 0.25) is 22.2 Å². The second kappa shape index (κ2) is 12.6. The average molecular weight is 464 g/mol. The first-order valence-corrected chi connectivity index (χ1v) is 16.1. The summed E-state index contributed by atoms with van der Waals surface area (Å²) in [5.74, 6) is 0. The van der Waals surface area contributed by atoms with Crippen LogP contribution in [0.25, 0.3) is 4.65 Å². The molecule has 0 aliphatic carbocycles. The van der Waals surface area contributed by atoms with Crippen LogP contribution in [0.1, 0.15) is 66.5 Å². The minimum absolute atomic E-state index is 0. The molecule has 160 valence electrons. The fourth-order valence-corrected chi connectivity index (χ4v) is 18.9. The molecule has 0 saturated carbocycles. The van der Waals surface area contributed by atoms with Crippen LogP contribution in [-0.4, -0.2) is 16.5 Å². The maximum absolute atomic E-state index is 6.21. The van der Waals surface area contributed by atoms with Crippen molar-refractivity contribution in [3.8, 4) is 0 Å². The maximum Gasteiger partial charge on any atom is 1.00 e. The van der Waals surface area contributed by atoms with Crippen molar-refractivity contribution in [2.45, 2.75) is 89.6 Å². The van der Waals surface area contributed by atoms with Gasteiger partial charge in [0.15, 0.2) is 0 Å². The summed E-state index contributed by atoms with van der Waals surface area (Å²) in [4.78, 5) is 0. The molecule has 1 nitrogen and oxygen atoms in total. The Balaban J connectivity index is 0.00000450. The van der Waals surface area contributed by atoms with Crippen molar-refractivity contribution in [1.29, 1.82) is 0 Å². The molecule has 0 radical (unpaired) electrons. The summed E-state index contributed by atoms with van der Waals surface area (Å²) in [6, 6.07) is 24.6. The predicted molar refractivity (Wildman–Crippen MR) is 136 cm³/mol. The van der Waals surface area contributed by atoms with E-state index in [1.165, 1.54) is 23.2 Å². The molecule has 0 aliphatic rings. The van der Waals surface area contributed by atoms with Crippen molar-refractivity contribution in [2.24, 2.45) is 0 Å². The second-order valence-electron chi connectivity index (χ2n) is 10.0. The molecule has 0 N–H and O–H groups in total. The molecule has 2 aromatic carbocycles. The molecule has 0 heterocycles. The Kier molecular flexibility index (Phi) is 12.0. The van der Waals surface area contributed by atoms with Crippen LogP contribution in [-0.2, 0) is 12.1 Å². The SMILES string of the molecule is CC(C)[Si](Cc1ccccc1)([N-][Si](Cc1ccccc1)(C(C)C)C(C)C)C(C)C.[K+]. The van der Waals surface area contributed by atoms with E-state index in [0.29, 0.717) is 22.2 Å². The van der Waals surface area contributed by atoms with Crippen molar-refractivity contribution in [3.05, 3.63) is 76.4 Å². The van der Waals surface area contributed by atoms with Gasteiger partial charge in [-0.3, -0.25) is 0 Å². The Morgan fingerprint density at radius 3 is 1.03 bits per heavy atom. The molecule has 0 spiro atoms. The van der Waals surface area contributed by atoms with Gasteiger partial charge in [-0.2, -0.15) is 0 Å². The Morgan fingerprint density at radius 2 is 0.800 bits per heavy atom. The van der Waals surface area contributed by atoms with Gasteiger partial charge in [0.2, 0.25) is 0 Å². The smallest absolute Gasteiger partial charge is 0.665 e. The van der Waals surface area contributed by atoms with Crippen LogP contribution < -0.4 is 51.4 Å². The van der Waals surface area contributed by atoms with Crippen LogP contribution in [0, 0.1) is 0 Å². The molecule has 2 aromatic rings. The van der Waals surface area contributed by atoms with E-state index in [2.05, 4.69) is 116 Å². The molecule has 30 heavy (non-hydrogen) atoms. The summed E-state index contributed by atoms with van der Waals surface area (Å²) >= 11 is 0. The number of rotatable bonds is 10. The summed E-state index contributed by atoms with van der Waals surface area (Å²) < 4.78 is 6.21. The van der Waals surface area contributed by atoms with E-state index in [-0.39, 0.29) is 51.4 Å². The summed E-state index contributed by atoms with van der Waals surface area (Å²) in [6.45, 7) is 19.6. The first-order valence-electron chi connectivity index (χ1n) is 11.5. The predicted octanol–water partition coefficient (Wildman–Crippen LogP) is 5.46. The summed E-state index contributed by atoms with van der Waals surface area (Å²) in [6.07, 6.45) is 0. The molecule has 0 aliphatic heterocycles. The van der Waals surface area contributed by atoms with Crippen LogP contribution in [0.3, 0.4) is 0 Å². The van der Waals surface area contributed by atoms with Crippen molar-refractivity contribution in [2.75, 3.05) is 0 Å². The van der Waals surface area contributed by atoms with Gasteiger partial charge in [0.1, 0.15) is 0 Å². The molecule has 0 unspecified atom stereocenters. The Bertz CT molecular complexity index is 650. The molecule has 0 bridgehead atoms. The first-order chi connectivity index (χ1) is 13.6. The molecule has 0 aromatic heterocycles. The molecular formula is C26H42KNSi2. The number of nitrogens with zero attached hydrogens (tertiary/aromatic N) is 1. The number of hydrogen-bond donors (Lipinski definition) is 0. The van der Waals surface area contributed by atoms with Crippen molar-refractivity contribution in [3.63, 3.8) is 0 Å². The van der Waals surface area contributed by atoms with Crippen LogP contribution >= 0.6 is 0 Å². The van der Waals surface area contributed by atoms with Crippen molar-refractivity contribution < 1.29 is 51.4 Å². The third kappa shape index (κ3) is 6.74. The topological polar surface area (TPSA) is 14.1 Å². The molecule has 0 saturated heterocycles. The second-order valence-corrected chi connectivity index (χ2v) is 20.2. The first kappa shape index (κ1) is 28.5. The fourth-order valence-electron chi connectivity index (χ4n) is 4.98. The van der Waals surface area contributed by atoms with E-state index in [9.17, 15) is 0 Å². The summed E-state index contributed by atoms with van der Waals surface area (Å²) in [5, 5.41) is 0. The van der Waals surface area contributed by atoms with Gasteiger partial charge < -0.3 is 4.65 Å². The minimum Gasteiger partial charge on any atom is -0.665 e. The Labute approximate surface area is 231 Å². The average Bonchev–Trinajstić information content (AvgIpc) is 2.67. The molecule has 4 heteroatoms. The van der Waals surface area contributed by atoms with Gasteiger partial charge in [-0.25, -0.2) is 0 Å². The van der Waals surface area contributed by atoms with Crippen LogP contribution in [0.5, 0.6) is 0 Å². The fraction of sp³-hybridized carbons (Fsp3) is 0.538. The zero-order valence-electron chi connectivity index (χ0n) is 20.9. The largest absolute Gasteiger partial charge is 1.00 e. The Hall–Kier alpha value is 0.470. The number of hydrogen-bond acceptors (Lipinski definition) is 0. The van der Waals surface area contributed by atoms with Gasteiger partial charge in [0.25, 0.3) is 0 Å². The van der Waals surface area contributed by atoms with Crippen molar-refractivity contribution >= 4 is 16.5 Å². The molecule has 2 rings (SSSR count). The summed E-state index contributed by atoms with van der Waals surface area (Å²) in [5.41, 5.74) is 5.51. The van der Waals surface area contributed by atoms with Gasteiger partial charge in [-0.05, 0) is 16.5 Å². The van der Waals surface area contributed by atoms with E-state index < -0.39 is 16.5 Å². The van der Waals surface area contributed by atoms with E-state index >= 15 is 0 Å². The number of benzene rings is 2. The third-order valence-electron chi connectivity index (χ3n) is 7.08. The zero-order chi connectivity index (χ0) is 21.7. The zero-order valence-corrected chi connectivity index (χ0v) is 26.1. The van der Waals surface area contributed by atoms with Crippen LogP contribution in [0.15, 0.2) is 60.7 Å². The minimum atomic E-state index is -1.92. The summed E-state index contributed by atoms with van der Waals surface area (Å²) in [7, 11) is -3.84. The van der Waals surface area contributed by atoms with Crippen molar-refractivity contribution in [1.82, 2.24) is 0 Å². The third-order valence-corrected chi connectivity index (χ3v) is 20.4. The van der Waals surface area contributed by atoms with E-state index in [1.54, 1.807) is 0 Å². The Morgan fingerprint density at radius 1 is 0.533 bits per heavy atom. The monoisotopic (exact) mass is 463 g/mol. The van der Waals surface area contributed by atoms with Gasteiger partial charge in [-0.15, -0.1) is 0 Å². The molecule has 0 amide bonds. The normalized spacial score (nSPS) is 12.7. The van der Waals surface area contributed by atoms with Gasteiger partial charge >= 0.3 is 51.4 Å². The molecule has 0 atom stereocenters. The van der Waals surface area contributed by atoms with Gasteiger partial charge in [-0.1, -0.05) is 161 Å². The van der Waals surface area contributed by atoms with Gasteiger partial charge in [0.05, 0.1) is 0 Å². The maximum atomic E-state index is 6.21. The molecule has 0 fully saturated rings. The standard InChI is InChI=1S/C26H42NSi2.K/c1-21(2)28(22(3)4,19-25-15-11-9-12-16-25)27-29(23(5)6,24(7)8)20-26-17-13-10-14-18-26;/h9-18,21-24H,19-20H2,1-8H3;/q-1;+1. The van der Waals surface area contributed by atoms with E-state index in [4.69, 9.17) is 4.65 Å². The quantitative estimate of drug-likeness (QED) is 0.415. The molecular weight excluding hydrogens is 422 g/mol. The van der Waals surface area contributed by atoms with Gasteiger partial charge in [0, 0.05) is 0 Å². The van der Waals surface area contributed by atoms with Crippen LogP contribution in [0.4, 0.5) is 0 Å².